The molecule has 1 saturated heterocycles. The number of ether oxygens (including phenoxy) is 1. The minimum absolute atomic E-state index is 0.434. The van der Waals surface area contributed by atoms with E-state index in [1.807, 2.05) is 0 Å². The average Bonchev–Trinajstić information content (AvgIpc) is 2.30. The zero-order chi connectivity index (χ0) is 11.6. The van der Waals surface area contributed by atoms with E-state index in [1.165, 1.54) is 19.3 Å². The molecule has 3 nitrogen and oxygen atoms in total. The minimum Gasteiger partial charge on any atom is -0.381 e. The van der Waals surface area contributed by atoms with Gasteiger partial charge in [0.2, 0.25) is 0 Å². The predicted molar refractivity (Wildman–Crippen MR) is 65.6 cm³/mol. The lowest BCUT2D eigenvalue weighted by Gasteiger charge is -2.25. The van der Waals surface area contributed by atoms with Crippen LogP contribution in [0, 0.1) is 0 Å². The van der Waals surface area contributed by atoms with Crippen molar-refractivity contribution in [2.75, 3.05) is 32.8 Å². The minimum atomic E-state index is 0.434. The quantitative estimate of drug-likeness (QED) is 0.596. The fraction of sp³-hybridized carbons (Fsp3) is 0.923. The molecule has 0 atom stereocenters. The summed E-state index contributed by atoms with van der Waals surface area (Å²) in [5.41, 5.74) is 0. The molecule has 0 aromatic heterocycles. The first-order chi connectivity index (χ1) is 7.83. The van der Waals surface area contributed by atoms with Gasteiger partial charge in [-0.1, -0.05) is 6.92 Å². The van der Waals surface area contributed by atoms with E-state index >= 15 is 0 Å². The number of carbonyl (C=O) groups excluding carboxylic acids is 1. The summed E-state index contributed by atoms with van der Waals surface area (Å²) in [6, 6.07) is 0. The summed E-state index contributed by atoms with van der Waals surface area (Å²) in [6.07, 6.45) is 6.30. The molecule has 0 N–H and O–H groups in total. The summed E-state index contributed by atoms with van der Waals surface area (Å²) < 4.78 is 5.43. The normalized spacial score (nSPS) is 17.9. The third-order valence-electron chi connectivity index (χ3n) is 3.03. The van der Waals surface area contributed by atoms with E-state index in [1.54, 1.807) is 0 Å². The predicted octanol–water partition coefficient (Wildman–Crippen LogP) is 2.25. The smallest absolute Gasteiger partial charge is 0.135 e. The molecule has 0 aromatic rings. The maximum absolute atomic E-state index is 11.0. The third-order valence-corrected chi connectivity index (χ3v) is 3.03. The van der Waals surface area contributed by atoms with Crippen molar-refractivity contribution in [3.63, 3.8) is 0 Å². The molecule has 1 aliphatic rings. The Hall–Kier alpha value is -0.410. The van der Waals surface area contributed by atoms with E-state index in [9.17, 15) is 4.79 Å². The van der Waals surface area contributed by atoms with Crippen LogP contribution < -0.4 is 0 Å². The molecule has 0 spiro atoms. The van der Waals surface area contributed by atoms with Crippen LogP contribution in [0.1, 0.15) is 45.4 Å². The fourth-order valence-electron chi connectivity index (χ4n) is 1.99. The largest absolute Gasteiger partial charge is 0.381 e. The van der Waals surface area contributed by atoms with Crippen LogP contribution in [0.4, 0.5) is 0 Å². The van der Waals surface area contributed by atoms with Crippen LogP contribution in [0.2, 0.25) is 0 Å². The number of rotatable bonds is 8. The number of likely N-dealkylation sites (tertiary alicyclic amines) is 1. The summed E-state index contributed by atoms with van der Waals surface area (Å²) >= 11 is 0. The Kier molecular flexibility index (Phi) is 7.43. The van der Waals surface area contributed by atoms with Crippen LogP contribution in [-0.4, -0.2) is 43.5 Å². The summed E-state index contributed by atoms with van der Waals surface area (Å²) in [4.78, 5) is 13.5. The SMILES string of the molecule is CCCOCCCCCN1CCC(=O)CC1. The van der Waals surface area contributed by atoms with E-state index in [-0.39, 0.29) is 0 Å². The van der Waals surface area contributed by atoms with Gasteiger partial charge in [-0.05, 0) is 32.2 Å². The fourth-order valence-corrected chi connectivity index (χ4v) is 1.99. The monoisotopic (exact) mass is 227 g/mol. The highest BCUT2D eigenvalue weighted by Gasteiger charge is 2.14. The molecule has 16 heavy (non-hydrogen) atoms. The summed E-state index contributed by atoms with van der Waals surface area (Å²) in [6.45, 7) is 7.05. The molecule has 0 aromatic carbocycles. The summed E-state index contributed by atoms with van der Waals surface area (Å²) in [5.74, 6) is 0.434. The zero-order valence-electron chi connectivity index (χ0n) is 10.5. The number of Topliss-reactive ketones (excluding diaryl/α,β-unsaturated/α-hetero) is 1. The van der Waals surface area contributed by atoms with Crippen molar-refractivity contribution in [1.82, 2.24) is 4.90 Å². The van der Waals surface area contributed by atoms with Gasteiger partial charge < -0.3 is 9.64 Å². The van der Waals surface area contributed by atoms with E-state index in [2.05, 4.69) is 11.8 Å². The molecular formula is C13H25NO2. The molecule has 0 bridgehead atoms. The highest BCUT2D eigenvalue weighted by atomic mass is 16.5. The molecule has 1 aliphatic heterocycles. The Morgan fingerprint density at radius 3 is 2.56 bits per heavy atom. The van der Waals surface area contributed by atoms with Gasteiger partial charge in [0.1, 0.15) is 5.78 Å². The third kappa shape index (κ3) is 6.23. The highest BCUT2D eigenvalue weighted by Crippen LogP contribution is 2.07. The Balaban J connectivity index is 1.85. The number of ketones is 1. The lowest BCUT2D eigenvalue weighted by Crippen LogP contribution is -2.34. The van der Waals surface area contributed by atoms with Crippen molar-refractivity contribution in [3.8, 4) is 0 Å². The number of hydrogen-bond acceptors (Lipinski definition) is 3. The lowest BCUT2D eigenvalue weighted by molar-refractivity contribution is -0.121. The highest BCUT2D eigenvalue weighted by molar-refractivity contribution is 5.79. The van der Waals surface area contributed by atoms with Crippen LogP contribution in [0.3, 0.4) is 0 Å². The number of nitrogens with zero attached hydrogens (tertiary/aromatic N) is 1. The number of piperidine rings is 1. The van der Waals surface area contributed by atoms with Crippen molar-refractivity contribution < 1.29 is 9.53 Å². The molecule has 1 heterocycles. The second-order valence-corrected chi connectivity index (χ2v) is 4.55. The average molecular weight is 227 g/mol. The van der Waals surface area contributed by atoms with Crippen LogP contribution in [0.25, 0.3) is 0 Å². The molecule has 0 saturated carbocycles. The number of hydrogen-bond donors (Lipinski definition) is 0. The number of carbonyl (C=O) groups is 1. The van der Waals surface area contributed by atoms with Crippen LogP contribution >= 0.6 is 0 Å². The van der Waals surface area contributed by atoms with Gasteiger partial charge in [0, 0.05) is 39.1 Å². The van der Waals surface area contributed by atoms with Gasteiger partial charge in [-0.2, -0.15) is 0 Å². The van der Waals surface area contributed by atoms with E-state index < -0.39 is 0 Å². The van der Waals surface area contributed by atoms with Gasteiger partial charge in [-0.3, -0.25) is 4.79 Å². The topological polar surface area (TPSA) is 29.5 Å². The van der Waals surface area contributed by atoms with Gasteiger partial charge in [0.25, 0.3) is 0 Å². The van der Waals surface area contributed by atoms with Gasteiger partial charge >= 0.3 is 0 Å². The Morgan fingerprint density at radius 2 is 1.88 bits per heavy atom. The van der Waals surface area contributed by atoms with E-state index in [4.69, 9.17) is 4.74 Å². The van der Waals surface area contributed by atoms with Crippen molar-refractivity contribution in [3.05, 3.63) is 0 Å². The molecule has 0 amide bonds. The van der Waals surface area contributed by atoms with Gasteiger partial charge in [0.15, 0.2) is 0 Å². The standard InChI is InChI=1S/C13H25NO2/c1-2-11-16-12-5-3-4-8-14-9-6-13(15)7-10-14/h2-12H2,1H3. The zero-order valence-corrected chi connectivity index (χ0v) is 10.5. The lowest BCUT2D eigenvalue weighted by atomic mass is 10.1. The van der Waals surface area contributed by atoms with E-state index in [0.29, 0.717) is 5.78 Å². The number of unbranched alkanes of at least 4 members (excludes halogenated alkanes) is 2. The van der Waals surface area contributed by atoms with E-state index in [0.717, 1.165) is 52.1 Å². The molecular weight excluding hydrogens is 202 g/mol. The first-order valence-electron chi connectivity index (χ1n) is 6.64. The van der Waals surface area contributed by atoms with Crippen LogP contribution in [0.15, 0.2) is 0 Å². The molecule has 0 unspecified atom stereocenters. The van der Waals surface area contributed by atoms with Crippen LogP contribution in [-0.2, 0) is 9.53 Å². The van der Waals surface area contributed by atoms with Crippen molar-refractivity contribution >= 4 is 5.78 Å². The molecule has 1 fully saturated rings. The maximum atomic E-state index is 11.0. The summed E-state index contributed by atoms with van der Waals surface area (Å²) in [7, 11) is 0. The van der Waals surface area contributed by atoms with Gasteiger partial charge in [-0.25, -0.2) is 0 Å². The van der Waals surface area contributed by atoms with Crippen molar-refractivity contribution in [2.45, 2.75) is 45.4 Å². The second kappa shape index (κ2) is 8.71. The first kappa shape index (κ1) is 13.7. The molecule has 0 aliphatic carbocycles. The van der Waals surface area contributed by atoms with Gasteiger partial charge in [-0.15, -0.1) is 0 Å². The van der Waals surface area contributed by atoms with Crippen molar-refractivity contribution in [1.29, 1.82) is 0 Å². The molecule has 3 heteroatoms. The Morgan fingerprint density at radius 1 is 1.12 bits per heavy atom. The molecule has 0 radical (unpaired) electrons. The Bertz CT molecular complexity index is 184. The Labute approximate surface area is 99.1 Å². The first-order valence-corrected chi connectivity index (χ1v) is 6.64. The summed E-state index contributed by atoms with van der Waals surface area (Å²) in [5, 5.41) is 0. The molecule has 1 rings (SSSR count). The second-order valence-electron chi connectivity index (χ2n) is 4.55. The molecule has 94 valence electrons. The van der Waals surface area contributed by atoms with Crippen molar-refractivity contribution in [2.24, 2.45) is 0 Å². The van der Waals surface area contributed by atoms with Crippen LogP contribution in [0.5, 0.6) is 0 Å². The maximum Gasteiger partial charge on any atom is 0.135 e. The van der Waals surface area contributed by atoms with Gasteiger partial charge in [0.05, 0.1) is 0 Å².